The van der Waals surface area contributed by atoms with Crippen LogP contribution in [0.1, 0.15) is 55.1 Å². The first kappa shape index (κ1) is 27.0. The number of rotatable bonds is 6. The molecule has 1 fully saturated rings. The van der Waals surface area contributed by atoms with Crippen molar-refractivity contribution in [2.75, 3.05) is 6.61 Å². The molecular formula is C30H30N4O6. The zero-order chi connectivity index (χ0) is 28.6. The van der Waals surface area contributed by atoms with E-state index in [0.717, 1.165) is 16.3 Å². The van der Waals surface area contributed by atoms with Gasteiger partial charge < -0.3 is 14.4 Å². The second-order valence-corrected chi connectivity index (χ2v) is 10.9. The van der Waals surface area contributed by atoms with Crippen molar-refractivity contribution < 1.29 is 28.7 Å². The van der Waals surface area contributed by atoms with Gasteiger partial charge in [0.05, 0.1) is 11.4 Å². The first-order valence-corrected chi connectivity index (χ1v) is 13.1. The summed E-state index contributed by atoms with van der Waals surface area (Å²) in [5.41, 5.74) is 2.43. The van der Waals surface area contributed by atoms with Gasteiger partial charge in [0.2, 0.25) is 11.8 Å². The smallest absolute Gasteiger partial charge is 0.344 e. The quantitative estimate of drug-likeness (QED) is 0.264. The molecular weight excluding hydrogens is 512 g/mol. The average molecular weight is 543 g/mol. The summed E-state index contributed by atoms with van der Waals surface area (Å²) in [6, 6.07) is 13.9. The molecule has 0 saturated carbocycles. The van der Waals surface area contributed by atoms with Gasteiger partial charge in [-0.15, -0.1) is 5.11 Å². The molecule has 2 aliphatic rings. The summed E-state index contributed by atoms with van der Waals surface area (Å²) in [5, 5.41) is 12.9. The highest BCUT2D eigenvalue weighted by Crippen LogP contribution is 2.39. The second kappa shape index (κ2) is 10.5. The van der Waals surface area contributed by atoms with Gasteiger partial charge in [-0.3, -0.25) is 19.7 Å². The first-order chi connectivity index (χ1) is 19.0. The molecule has 40 heavy (non-hydrogen) atoms. The molecule has 10 heteroatoms. The summed E-state index contributed by atoms with van der Waals surface area (Å²) >= 11 is 0. The molecule has 2 aliphatic heterocycles. The zero-order valence-corrected chi connectivity index (χ0v) is 22.8. The molecule has 2 heterocycles. The highest BCUT2D eigenvalue weighted by atomic mass is 16.6. The van der Waals surface area contributed by atoms with Crippen molar-refractivity contribution in [2.24, 2.45) is 10.2 Å². The van der Waals surface area contributed by atoms with Crippen LogP contribution in [-0.4, -0.2) is 46.8 Å². The average Bonchev–Trinajstić information content (AvgIpc) is 3.22. The Morgan fingerprint density at radius 1 is 1.02 bits per heavy atom. The molecule has 0 spiro atoms. The molecule has 10 nitrogen and oxygen atoms in total. The lowest BCUT2D eigenvalue weighted by Crippen LogP contribution is -2.52. The fourth-order valence-corrected chi connectivity index (χ4v) is 5.01. The van der Waals surface area contributed by atoms with Crippen LogP contribution < -0.4 is 10.1 Å². The third-order valence-electron chi connectivity index (χ3n) is 6.74. The predicted octanol–water partition coefficient (Wildman–Crippen LogP) is 5.05. The molecule has 206 valence electrons. The van der Waals surface area contributed by atoms with E-state index in [9.17, 15) is 19.2 Å². The van der Waals surface area contributed by atoms with Crippen molar-refractivity contribution in [3.8, 4) is 5.75 Å². The van der Waals surface area contributed by atoms with Gasteiger partial charge in [-0.25, -0.2) is 4.79 Å². The number of ether oxygens (including phenoxy) is 2. The maximum absolute atomic E-state index is 13.1. The number of piperidine rings is 1. The lowest BCUT2D eigenvalue weighted by molar-refractivity contribution is -0.157. The molecule has 0 aliphatic carbocycles. The van der Waals surface area contributed by atoms with E-state index in [2.05, 4.69) is 15.5 Å². The van der Waals surface area contributed by atoms with E-state index >= 15 is 0 Å². The summed E-state index contributed by atoms with van der Waals surface area (Å²) in [6.45, 7) is 7.25. The SMILES string of the molecule is Cc1cc(/N=N/c2cccc3c2CN(C2CCC(=O)NC2=O)C3=O)c2ccccc2c1OCC(=O)OC(C)(C)C. The summed E-state index contributed by atoms with van der Waals surface area (Å²) < 4.78 is 11.3. The number of imide groups is 1. The van der Waals surface area contributed by atoms with E-state index < -0.39 is 23.5 Å². The molecule has 5 rings (SSSR count). The Labute approximate surface area is 231 Å². The Kier molecular flexibility index (Phi) is 7.10. The predicted molar refractivity (Wildman–Crippen MR) is 147 cm³/mol. The van der Waals surface area contributed by atoms with Gasteiger partial charge in [-0.2, -0.15) is 5.11 Å². The minimum atomic E-state index is -0.706. The van der Waals surface area contributed by atoms with Gasteiger partial charge in [0.1, 0.15) is 17.4 Å². The molecule has 3 amide bonds. The van der Waals surface area contributed by atoms with Crippen molar-refractivity contribution in [1.29, 1.82) is 0 Å². The van der Waals surface area contributed by atoms with Gasteiger partial charge in [-0.05, 0) is 57.9 Å². The third-order valence-corrected chi connectivity index (χ3v) is 6.74. The van der Waals surface area contributed by atoms with E-state index in [1.165, 1.54) is 4.90 Å². The van der Waals surface area contributed by atoms with E-state index in [0.29, 0.717) is 28.3 Å². The monoisotopic (exact) mass is 542 g/mol. The number of carbonyl (C=O) groups excluding carboxylic acids is 4. The Hall–Kier alpha value is -4.60. The molecule has 1 atom stereocenters. The van der Waals surface area contributed by atoms with Crippen LogP contribution in [0.3, 0.4) is 0 Å². The Morgan fingerprint density at radius 2 is 1.75 bits per heavy atom. The molecule has 3 aromatic rings. The normalized spacial score (nSPS) is 17.4. The van der Waals surface area contributed by atoms with Crippen molar-refractivity contribution >= 4 is 45.8 Å². The number of esters is 1. The standard InChI is InChI=1S/C30H30N4O6/c1-17-14-23(18-8-5-6-9-19(18)27(17)39-16-26(36)40-30(2,3)4)33-32-22-11-7-10-20-21(22)15-34(29(20)38)24-12-13-25(35)31-28(24)37/h5-11,14,24H,12-13,15-16H2,1-4H3,(H,31,35,37)/b33-32+. The molecule has 0 radical (unpaired) electrons. The first-order valence-electron chi connectivity index (χ1n) is 13.1. The van der Waals surface area contributed by atoms with Crippen LogP contribution in [0, 0.1) is 6.92 Å². The molecule has 0 aromatic heterocycles. The number of nitrogens with one attached hydrogen (secondary N) is 1. The summed E-state index contributed by atoms with van der Waals surface area (Å²) in [5.74, 6) is -0.959. The van der Waals surface area contributed by atoms with Crippen molar-refractivity contribution in [3.05, 3.63) is 65.2 Å². The molecule has 3 aromatic carbocycles. The van der Waals surface area contributed by atoms with Crippen LogP contribution in [0.25, 0.3) is 10.8 Å². The van der Waals surface area contributed by atoms with Crippen LogP contribution in [0.15, 0.2) is 58.8 Å². The Bertz CT molecular complexity index is 1570. The lowest BCUT2D eigenvalue weighted by Gasteiger charge is -2.29. The number of nitrogens with zero attached hydrogens (tertiary/aromatic N) is 3. The second-order valence-electron chi connectivity index (χ2n) is 10.9. The minimum absolute atomic E-state index is 0.188. The van der Waals surface area contributed by atoms with Gasteiger partial charge in [0.15, 0.2) is 6.61 Å². The van der Waals surface area contributed by atoms with E-state index in [1.807, 2.05) is 37.3 Å². The van der Waals surface area contributed by atoms with Crippen molar-refractivity contribution in [2.45, 2.75) is 58.7 Å². The number of carbonyl (C=O) groups is 4. The van der Waals surface area contributed by atoms with E-state index in [-0.39, 0.29) is 37.8 Å². The van der Waals surface area contributed by atoms with E-state index in [4.69, 9.17) is 9.47 Å². The molecule has 1 N–H and O–H groups in total. The Morgan fingerprint density at radius 3 is 2.48 bits per heavy atom. The maximum atomic E-state index is 13.1. The number of hydrogen-bond donors (Lipinski definition) is 1. The van der Waals surface area contributed by atoms with Crippen LogP contribution in [0.2, 0.25) is 0 Å². The number of aryl methyl sites for hydroxylation is 1. The van der Waals surface area contributed by atoms with Gasteiger partial charge in [0.25, 0.3) is 5.91 Å². The number of azo groups is 1. The van der Waals surface area contributed by atoms with Gasteiger partial charge in [0, 0.05) is 34.9 Å². The van der Waals surface area contributed by atoms with Crippen LogP contribution in [-0.2, 0) is 25.7 Å². The molecule has 1 saturated heterocycles. The molecule has 1 unspecified atom stereocenters. The lowest BCUT2D eigenvalue weighted by atomic mass is 10.0. The topological polar surface area (TPSA) is 127 Å². The number of amides is 3. The van der Waals surface area contributed by atoms with Gasteiger partial charge in [-0.1, -0.05) is 30.3 Å². The van der Waals surface area contributed by atoms with Crippen LogP contribution in [0.4, 0.5) is 11.4 Å². The molecule has 0 bridgehead atoms. The maximum Gasteiger partial charge on any atom is 0.344 e. The highest BCUT2D eigenvalue weighted by Gasteiger charge is 2.39. The highest BCUT2D eigenvalue weighted by molar-refractivity contribution is 6.06. The summed E-state index contributed by atoms with van der Waals surface area (Å²) in [4.78, 5) is 50.8. The van der Waals surface area contributed by atoms with Crippen LogP contribution in [0.5, 0.6) is 5.75 Å². The van der Waals surface area contributed by atoms with Crippen molar-refractivity contribution in [3.63, 3.8) is 0 Å². The van der Waals surface area contributed by atoms with Crippen molar-refractivity contribution in [1.82, 2.24) is 10.2 Å². The number of hydrogen-bond acceptors (Lipinski definition) is 8. The largest absolute Gasteiger partial charge is 0.481 e. The fraction of sp³-hybridized carbons (Fsp3) is 0.333. The summed E-state index contributed by atoms with van der Waals surface area (Å²) in [6.07, 6.45) is 0.474. The summed E-state index contributed by atoms with van der Waals surface area (Å²) in [7, 11) is 0. The minimum Gasteiger partial charge on any atom is -0.481 e. The van der Waals surface area contributed by atoms with Gasteiger partial charge >= 0.3 is 5.97 Å². The van der Waals surface area contributed by atoms with E-state index in [1.54, 1.807) is 39.0 Å². The Balaban J connectivity index is 1.41. The fourth-order valence-electron chi connectivity index (χ4n) is 5.01. The number of benzene rings is 3. The van der Waals surface area contributed by atoms with Crippen LogP contribution >= 0.6 is 0 Å². The third kappa shape index (κ3) is 5.42. The number of fused-ring (bicyclic) bond motifs is 2. The zero-order valence-electron chi connectivity index (χ0n) is 22.8.